The van der Waals surface area contributed by atoms with Gasteiger partial charge in [0.25, 0.3) is 17.5 Å². The largest absolute Gasteiger partial charge is 0.272 e. The molecule has 0 radical (unpaired) electrons. The number of rotatable bonds is 1. The lowest BCUT2D eigenvalue weighted by molar-refractivity contribution is -0.384. The molecule has 15 heavy (non-hydrogen) atoms. The monoisotopic (exact) mass is 270 g/mol. The molecule has 0 unspecified atom stereocenters. The molecule has 0 saturated carbocycles. The molecule has 0 saturated heterocycles. The molecule has 0 spiro atoms. The maximum atomic E-state index is 11.4. The van der Waals surface area contributed by atoms with Gasteiger partial charge in [0.2, 0.25) is 0 Å². The minimum Gasteiger partial charge on any atom is -0.268 e. The van der Waals surface area contributed by atoms with Crippen molar-refractivity contribution in [1.29, 1.82) is 0 Å². The summed E-state index contributed by atoms with van der Waals surface area (Å²) in [5, 5.41) is 10.5. The zero-order valence-corrected chi connectivity index (χ0v) is 8.72. The number of carbonyl (C=O) groups excluding carboxylic acids is 2. The van der Waals surface area contributed by atoms with Gasteiger partial charge in [-0.15, -0.1) is 0 Å². The third-order valence-electron chi connectivity index (χ3n) is 2.03. The third kappa shape index (κ3) is 1.32. The van der Waals surface area contributed by atoms with Gasteiger partial charge in [-0.25, -0.2) is 3.93 Å². The van der Waals surface area contributed by atoms with Crippen molar-refractivity contribution in [2.75, 3.05) is 0 Å². The summed E-state index contributed by atoms with van der Waals surface area (Å²) in [6.45, 7) is 0. The first-order valence-corrected chi connectivity index (χ1v) is 4.56. The fourth-order valence-corrected chi connectivity index (χ4v) is 1.70. The van der Waals surface area contributed by atoms with E-state index in [9.17, 15) is 19.7 Å². The number of non-ortho nitro benzene ring substituents is 1. The van der Waals surface area contributed by atoms with Gasteiger partial charge in [0, 0.05) is 12.1 Å². The zero-order chi connectivity index (χ0) is 11.2. The molecule has 0 atom stereocenters. The van der Waals surface area contributed by atoms with Gasteiger partial charge >= 0.3 is 0 Å². The Morgan fingerprint density at radius 2 is 1.80 bits per heavy atom. The van der Waals surface area contributed by atoms with Gasteiger partial charge in [-0.3, -0.25) is 19.7 Å². The Labute approximate surface area is 92.0 Å². The molecule has 1 aliphatic rings. The highest BCUT2D eigenvalue weighted by atomic mass is 79.9. The molecule has 1 heterocycles. The van der Waals surface area contributed by atoms with Crippen LogP contribution in [0.25, 0.3) is 0 Å². The number of fused-ring (bicyclic) bond motifs is 1. The Hall–Kier alpha value is -1.76. The maximum Gasteiger partial charge on any atom is 0.272 e. The average Bonchev–Trinajstić information content (AvgIpc) is 2.44. The summed E-state index contributed by atoms with van der Waals surface area (Å²) in [6.07, 6.45) is 0. The Kier molecular flexibility index (Phi) is 2.04. The topological polar surface area (TPSA) is 80.5 Å². The summed E-state index contributed by atoms with van der Waals surface area (Å²) < 4.78 is 0.751. The SMILES string of the molecule is O=C1c2ccc([N+](=O)[O-])cc2C(=O)N1Br. The van der Waals surface area contributed by atoms with Crippen molar-refractivity contribution in [3.8, 4) is 0 Å². The minimum absolute atomic E-state index is 0.0473. The van der Waals surface area contributed by atoms with E-state index in [1.807, 2.05) is 0 Å². The van der Waals surface area contributed by atoms with E-state index < -0.39 is 16.7 Å². The van der Waals surface area contributed by atoms with Crippen molar-refractivity contribution in [1.82, 2.24) is 3.93 Å². The highest BCUT2D eigenvalue weighted by Crippen LogP contribution is 2.28. The van der Waals surface area contributed by atoms with E-state index in [-0.39, 0.29) is 16.8 Å². The Morgan fingerprint density at radius 1 is 1.20 bits per heavy atom. The van der Waals surface area contributed by atoms with Crippen LogP contribution in [-0.2, 0) is 0 Å². The zero-order valence-electron chi connectivity index (χ0n) is 7.14. The molecule has 76 valence electrons. The second kappa shape index (κ2) is 3.13. The predicted octanol–water partition coefficient (Wildman–Crippen LogP) is 1.50. The standard InChI is InChI=1S/C8H3BrN2O4/c9-10-7(12)5-2-1-4(11(14)15)3-6(5)8(10)13/h1-3H. The van der Waals surface area contributed by atoms with Crippen LogP contribution < -0.4 is 0 Å². The van der Waals surface area contributed by atoms with Crippen LogP contribution in [0.1, 0.15) is 20.7 Å². The number of carbonyl (C=O) groups is 2. The summed E-state index contributed by atoms with van der Waals surface area (Å²) in [6, 6.07) is 3.56. The molecule has 0 fully saturated rings. The van der Waals surface area contributed by atoms with Crippen molar-refractivity contribution in [2.45, 2.75) is 0 Å². The molecular formula is C8H3BrN2O4. The molecule has 1 aliphatic heterocycles. The van der Waals surface area contributed by atoms with E-state index in [2.05, 4.69) is 16.1 Å². The first-order chi connectivity index (χ1) is 7.02. The number of nitro benzene ring substituents is 1. The van der Waals surface area contributed by atoms with E-state index in [0.717, 1.165) is 9.99 Å². The number of amides is 2. The molecule has 7 heteroatoms. The smallest absolute Gasteiger partial charge is 0.268 e. The molecule has 1 aromatic rings. The van der Waals surface area contributed by atoms with Crippen LogP contribution in [0.4, 0.5) is 5.69 Å². The molecule has 0 N–H and O–H groups in total. The van der Waals surface area contributed by atoms with Crippen LogP contribution in [0.15, 0.2) is 18.2 Å². The van der Waals surface area contributed by atoms with Crippen molar-refractivity contribution < 1.29 is 14.5 Å². The van der Waals surface area contributed by atoms with E-state index in [4.69, 9.17) is 0 Å². The number of hydrogen-bond acceptors (Lipinski definition) is 4. The Balaban J connectivity index is 2.61. The fourth-order valence-electron chi connectivity index (χ4n) is 1.31. The van der Waals surface area contributed by atoms with E-state index in [1.165, 1.54) is 12.1 Å². The number of nitrogens with zero attached hydrogens (tertiary/aromatic N) is 2. The van der Waals surface area contributed by atoms with Gasteiger partial charge < -0.3 is 0 Å². The van der Waals surface area contributed by atoms with Crippen molar-refractivity contribution >= 4 is 33.6 Å². The van der Waals surface area contributed by atoms with Gasteiger partial charge in [0.05, 0.1) is 32.2 Å². The van der Waals surface area contributed by atoms with Crippen molar-refractivity contribution in [2.24, 2.45) is 0 Å². The molecule has 1 aromatic carbocycles. The summed E-state index contributed by atoms with van der Waals surface area (Å²) in [5.74, 6) is -1.09. The first-order valence-electron chi connectivity index (χ1n) is 3.85. The maximum absolute atomic E-state index is 11.4. The van der Waals surface area contributed by atoms with Crippen LogP contribution in [0.3, 0.4) is 0 Å². The third-order valence-corrected chi connectivity index (χ3v) is 2.68. The molecular weight excluding hydrogens is 268 g/mol. The van der Waals surface area contributed by atoms with E-state index in [0.29, 0.717) is 0 Å². The number of nitro groups is 1. The van der Waals surface area contributed by atoms with Crippen molar-refractivity contribution in [3.63, 3.8) is 0 Å². The molecule has 2 rings (SSSR count). The molecule has 0 aromatic heterocycles. The van der Waals surface area contributed by atoms with Gasteiger partial charge in [-0.05, 0) is 6.07 Å². The van der Waals surface area contributed by atoms with Gasteiger partial charge in [-0.1, -0.05) is 0 Å². The lowest BCUT2D eigenvalue weighted by atomic mass is 10.1. The van der Waals surface area contributed by atoms with Gasteiger partial charge in [0.1, 0.15) is 0 Å². The Morgan fingerprint density at radius 3 is 2.40 bits per heavy atom. The first kappa shape index (κ1) is 9.78. The number of halogens is 1. The number of benzene rings is 1. The minimum atomic E-state index is -0.616. The second-order valence-electron chi connectivity index (χ2n) is 2.88. The van der Waals surface area contributed by atoms with Crippen LogP contribution in [0.2, 0.25) is 0 Å². The number of imide groups is 1. The second-order valence-corrected chi connectivity index (χ2v) is 3.59. The quantitative estimate of drug-likeness (QED) is 0.335. The summed E-state index contributed by atoms with van der Waals surface area (Å²) in [7, 11) is 0. The molecule has 0 bridgehead atoms. The molecule has 6 nitrogen and oxygen atoms in total. The van der Waals surface area contributed by atoms with E-state index >= 15 is 0 Å². The number of hydrogen-bond donors (Lipinski definition) is 0. The van der Waals surface area contributed by atoms with Crippen molar-refractivity contribution in [3.05, 3.63) is 39.4 Å². The normalized spacial score (nSPS) is 14.3. The van der Waals surface area contributed by atoms with Crippen LogP contribution in [0, 0.1) is 10.1 Å². The lowest BCUT2D eigenvalue weighted by Crippen LogP contribution is -2.17. The van der Waals surface area contributed by atoms with E-state index in [1.54, 1.807) is 0 Å². The van der Waals surface area contributed by atoms with Crippen LogP contribution >= 0.6 is 16.1 Å². The van der Waals surface area contributed by atoms with Gasteiger partial charge in [0.15, 0.2) is 0 Å². The highest BCUT2D eigenvalue weighted by molar-refractivity contribution is 9.08. The lowest BCUT2D eigenvalue weighted by Gasteiger charge is -1.98. The highest BCUT2D eigenvalue weighted by Gasteiger charge is 2.35. The summed E-state index contributed by atoms with van der Waals surface area (Å²) in [5.41, 5.74) is 0.00579. The predicted molar refractivity (Wildman–Crippen MR) is 52.5 cm³/mol. The van der Waals surface area contributed by atoms with Crippen LogP contribution in [0.5, 0.6) is 0 Å². The fraction of sp³-hybridized carbons (Fsp3) is 0. The summed E-state index contributed by atoms with van der Waals surface area (Å²) in [4.78, 5) is 32.6. The van der Waals surface area contributed by atoms with Crippen LogP contribution in [-0.4, -0.2) is 20.7 Å². The Bertz CT molecular complexity index is 499. The van der Waals surface area contributed by atoms with Gasteiger partial charge in [-0.2, -0.15) is 0 Å². The summed E-state index contributed by atoms with van der Waals surface area (Å²) >= 11 is 2.78. The molecule has 0 aliphatic carbocycles. The average molecular weight is 271 g/mol. The molecule has 2 amide bonds.